The first-order chi connectivity index (χ1) is 7.52. The fourth-order valence-electron chi connectivity index (χ4n) is 1.90. The summed E-state index contributed by atoms with van der Waals surface area (Å²) in [6.07, 6.45) is 3.16. The van der Waals surface area contributed by atoms with Crippen LogP contribution in [0.25, 0.3) is 0 Å². The van der Waals surface area contributed by atoms with E-state index in [9.17, 15) is 9.59 Å². The monoisotopic (exact) mass is 226 g/mol. The fourth-order valence-corrected chi connectivity index (χ4v) is 1.90. The summed E-state index contributed by atoms with van der Waals surface area (Å²) in [5.41, 5.74) is 0. The van der Waals surface area contributed by atoms with Gasteiger partial charge in [0, 0.05) is 19.1 Å². The van der Waals surface area contributed by atoms with Crippen LogP contribution in [0.3, 0.4) is 0 Å². The number of rotatable bonds is 2. The lowest BCUT2D eigenvalue weighted by Gasteiger charge is -2.32. The smallest absolute Gasteiger partial charge is 0.312 e. The molecule has 1 atom stereocenters. The van der Waals surface area contributed by atoms with E-state index in [0.29, 0.717) is 12.5 Å². The van der Waals surface area contributed by atoms with E-state index in [4.69, 9.17) is 0 Å². The summed E-state index contributed by atoms with van der Waals surface area (Å²) in [4.78, 5) is 25.1. The molecular formula is C12H22N2O2. The lowest BCUT2D eigenvalue weighted by Crippen LogP contribution is -2.49. The van der Waals surface area contributed by atoms with E-state index in [1.807, 2.05) is 20.8 Å². The summed E-state index contributed by atoms with van der Waals surface area (Å²) in [6.45, 7) is 7.30. The molecule has 4 heteroatoms. The summed E-state index contributed by atoms with van der Waals surface area (Å²) in [7, 11) is 0. The lowest BCUT2D eigenvalue weighted by molar-refractivity contribution is -0.148. The molecule has 0 radical (unpaired) electrons. The Morgan fingerprint density at radius 3 is 2.62 bits per heavy atom. The number of likely N-dealkylation sites (tertiary alicyclic amines) is 1. The summed E-state index contributed by atoms with van der Waals surface area (Å²) in [5.74, 6) is -0.453. The SMILES string of the molecule is CC(C)CNC(=O)C(=O)N1CCCCC1C. The molecule has 0 spiro atoms. The number of amides is 2. The van der Waals surface area contributed by atoms with Gasteiger partial charge in [0.05, 0.1) is 0 Å². The normalized spacial score (nSPS) is 21.0. The highest BCUT2D eigenvalue weighted by atomic mass is 16.2. The van der Waals surface area contributed by atoms with Crippen molar-refractivity contribution in [1.82, 2.24) is 10.2 Å². The number of hydrogen-bond acceptors (Lipinski definition) is 2. The van der Waals surface area contributed by atoms with Gasteiger partial charge >= 0.3 is 11.8 Å². The molecule has 0 saturated carbocycles. The highest BCUT2D eigenvalue weighted by Gasteiger charge is 2.27. The molecule has 1 aliphatic heterocycles. The van der Waals surface area contributed by atoms with Crippen LogP contribution in [0.1, 0.15) is 40.0 Å². The quantitative estimate of drug-likeness (QED) is 0.718. The zero-order valence-electron chi connectivity index (χ0n) is 10.5. The van der Waals surface area contributed by atoms with E-state index in [1.165, 1.54) is 0 Å². The molecule has 0 aromatic heterocycles. The van der Waals surface area contributed by atoms with Gasteiger partial charge in [-0.25, -0.2) is 0 Å². The highest BCUT2D eigenvalue weighted by Crippen LogP contribution is 2.16. The minimum Gasteiger partial charge on any atom is -0.348 e. The van der Waals surface area contributed by atoms with Crippen molar-refractivity contribution in [1.29, 1.82) is 0 Å². The molecule has 1 N–H and O–H groups in total. The Morgan fingerprint density at radius 1 is 1.38 bits per heavy atom. The average Bonchev–Trinajstić information content (AvgIpc) is 2.25. The molecule has 4 nitrogen and oxygen atoms in total. The van der Waals surface area contributed by atoms with Gasteiger partial charge in [0.2, 0.25) is 0 Å². The van der Waals surface area contributed by atoms with Crippen LogP contribution in [0, 0.1) is 5.92 Å². The largest absolute Gasteiger partial charge is 0.348 e. The molecule has 0 bridgehead atoms. The van der Waals surface area contributed by atoms with E-state index in [2.05, 4.69) is 5.32 Å². The number of nitrogens with zero attached hydrogens (tertiary/aromatic N) is 1. The zero-order valence-corrected chi connectivity index (χ0v) is 10.5. The summed E-state index contributed by atoms with van der Waals surface area (Å²) in [6, 6.07) is 0.200. The van der Waals surface area contributed by atoms with E-state index in [1.54, 1.807) is 4.90 Å². The average molecular weight is 226 g/mol. The number of nitrogens with one attached hydrogen (secondary N) is 1. The van der Waals surface area contributed by atoms with Crippen molar-refractivity contribution < 1.29 is 9.59 Å². The summed E-state index contributed by atoms with van der Waals surface area (Å²) in [5, 5.41) is 2.67. The third-order valence-corrected chi connectivity index (χ3v) is 2.93. The first-order valence-corrected chi connectivity index (χ1v) is 6.11. The van der Waals surface area contributed by atoms with Gasteiger partial charge in [0.25, 0.3) is 0 Å². The highest BCUT2D eigenvalue weighted by molar-refractivity contribution is 6.35. The third kappa shape index (κ3) is 3.51. The molecule has 1 heterocycles. The van der Waals surface area contributed by atoms with Crippen molar-refractivity contribution >= 4 is 11.8 Å². The predicted octanol–water partition coefficient (Wildman–Crippen LogP) is 1.16. The van der Waals surface area contributed by atoms with Crippen LogP contribution in [0.4, 0.5) is 0 Å². The van der Waals surface area contributed by atoms with Crippen molar-refractivity contribution in [3.05, 3.63) is 0 Å². The topological polar surface area (TPSA) is 49.4 Å². The second-order valence-electron chi connectivity index (χ2n) is 4.95. The molecule has 1 unspecified atom stereocenters. The summed E-state index contributed by atoms with van der Waals surface area (Å²) >= 11 is 0. The third-order valence-electron chi connectivity index (χ3n) is 2.93. The van der Waals surface area contributed by atoms with Gasteiger partial charge in [0.15, 0.2) is 0 Å². The molecule has 1 rings (SSSR count). The van der Waals surface area contributed by atoms with Crippen LogP contribution in [-0.2, 0) is 9.59 Å². The Labute approximate surface area is 97.4 Å². The minimum absolute atomic E-state index is 0.200. The second kappa shape index (κ2) is 5.87. The Balaban J connectivity index is 2.45. The maximum absolute atomic E-state index is 11.8. The minimum atomic E-state index is -0.456. The second-order valence-corrected chi connectivity index (χ2v) is 4.95. The standard InChI is InChI=1S/C12H22N2O2/c1-9(2)8-13-11(15)12(16)14-7-5-4-6-10(14)3/h9-10H,4-8H2,1-3H3,(H,13,15). The lowest BCUT2D eigenvalue weighted by atomic mass is 10.0. The molecule has 0 aromatic rings. The Kier molecular flexibility index (Phi) is 4.77. The first kappa shape index (κ1) is 13.0. The zero-order chi connectivity index (χ0) is 12.1. The van der Waals surface area contributed by atoms with Gasteiger partial charge in [-0.3, -0.25) is 9.59 Å². The van der Waals surface area contributed by atoms with E-state index in [-0.39, 0.29) is 11.9 Å². The van der Waals surface area contributed by atoms with Crippen LogP contribution in [-0.4, -0.2) is 35.8 Å². The van der Waals surface area contributed by atoms with Crippen LogP contribution >= 0.6 is 0 Å². The van der Waals surface area contributed by atoms with E-state index < -0.39 is 5.91 Å². The van der Waals surface area contributed by atoms with Crippen molar-refractivity contribution in [2.45, 2.75) is 46.1 Å². The molecule has 1 saturated heterocycles. The predicted molar refractivity (Wildman–Crippen MR) is 62.9 cm³/mol. The van der Waals surface area contributed by atoms with Crippen LogP contribution < -0.4 is 5.32 Å². The fraction of sp³-hybridized carbons (Fsp3) is 0.833. The molecule has 0 aromatic carbocycles. The van der Waals surface area contributed by atoms with Crippen LogP contribution in [0.2, 0.25) is 0 Å². The number of hydrogen-bond donors (Lipinski definition) is 1. The van der Waals surface area contributed by atoms with Crippen molar-refractivity contribution in [3.63, 3.8) is 0 Å². The number of carbonyl (C=O) groups excluding carboxylic acids is 2. The van der Waals surface area contributed by atoms with Gasteiger partial charge in [-0.2, -0.15) is 0 Å². The molecule has 92 valence electrons. The number of carbonyl (C=O) groups is 2. The van der Waals surface area contributed by atoms with Gasteiger partial charge in [0.1, 0.15) is 0 Å². The first-order valence-electron chi connectivity index (χ1n) is 6.11. The Hall–Kier alpha value is -1.06. The van der Waals surface area contributed by atoms with E-state index >= 15 is 0 Å². The van der Waals surface area contributed by atoms with Crippen LogP contribution in [0.5, 0.6) is 0 Å². The number of piperidine rings is 1. The molecule has 2 amide bonds. The maximum Gasteiger partial charge on any atom is 0.312 e. The van der Waals surface area contributed by atoms with E-state index in [0.717, 1.165) is 25.8 Å². The molecular weight excluding hydrogens is 204 g/mol. The van der Waals surface area contributed by atoms with Crippen molar-refractivity contribution in [2.75, 3.05) is 13.1 Å². The maximum atomic E-state index is 11.8. The molecule has 16 heavy (non-hydrogen) atoms. The molecule has 1 aliphatic rings. The Morgan fingerprint density at radius 2 is 2.06 bits per heavy atom. The Bertz CT molecular complexity index is 264. The van der Waals surface area contributed by atoms with Crippen LogP contribution in [0.15, 0.2) is 0 Å². The molecule has 1 fully saturated rings. The molecule has 0 aliphatic carbocycles. The van der Waals surface area contributed by atoms with Gasteiger partial charge < -0.3 is 10.2 Å². The van der Waals surface area contributed by atoms with Crippen molar-refractivity contribution in [3.8, 4) is 0 Å². The van der Waals surface area contributed by atoms with Gasteiger partial charge in [-0.05, 0) is 32.1 Å². The van der Waals surface area contributed by atoms with Crippen molar-refractivity contribution in [2.24, 2.45) is 5.92 Å². The summed E-state index contributed by atoms with van der Waals surface area (Å²) < 4.78 is 0. The van der Waals surface area contributed by atoms with Gasteiger partial charge in [-0.15, -0.1) is 0 Å². The van der Waals surface area contributed by atoms with Gasteiger partial charge in [-0.1, -0.05) is 13.8 Å².